The molecule has 24 heavy (non-hydrogen) atoms. The van der Waals surface area contributed by atoms with Crippen LogP contribution in [0.1, 0.15) is 28.7 Å². The molecule has 1 amide bonds. The Labute approximate surface area is 141 Å². The molecular formula is C18H22N2O4. The number of ether oxygens (including phenoxy) is 1. The van der Waals surface area contributed by atoms with Gasteiger partial charge < -0.3 is 19.3 Å². The number of aromatic nitrogens is 1. The second-order valence-electron chi connectivity index (χ2n) is 5.57. The molecule has 2 rings (SSSR count). The van der Waals surface area contributed by atoms with Gasteiger partial charge in [0.2, 0.25) is 0 Å². The summed E-state index contributed by atoms with van der Waals surface area (Å²) in [5, 5.41) is 8.61. The predicted molar refractivity (Wildman–Crippen MR) is 91.9 cm³/mol. The van der Waals surface area contributed by atoms with Gasteiger partial charge >= 0.3 is 5.97 Å². The Morgan fingerprint density at radius 1 is 1.21 bits per heavy atom. The molecule has 6 heteroatoms. The summed E-state index contributed by atoms with van der Waals surface area (Å²) in [6.45, 7) is 6.41. The third-order valence-corrected chi connectivity index (χ3v) is 4.01. The Bertz CT molecular complexity index is 747. The van der Waals surface area contributed by atoms with Gasteiger partial charge in [0.1, 0.15) is 5.75 Å². The van der Waals surface area contributed by atoms with E-state index in [1.165, 1.54) is 0 Å². The van der Waals surface area contributed by atoms with E-state index in [2.05, 4.69) is 4.57 Å². The monoisotopic (exact) mass is 330 g/mol. The van der Waals surface area contributed by atoms with Crippen molar-refractivity contribution in [3.05, 3.63) is 47.3 Å². The minimum Gasteiger partial charge on any atom is -0.482 e. The van der Waals surface area contributed by atoms with Crippen LogP contribution >= 0.6 is 0 Å². The molecule has 2 aromatic rings. The van der Waals surface area contributed by atoms with Crippen LogP contribution in [-0.4, -0.2) is 35.2 Å². The lowest BCUT2D eigenvalue weighted by molar-refractivity contribution is -0.139. The van der Waals surface area contributed by atoms with Crippen LogP contribution in [0.3, 0.4) is 0 Å². The minimum atomic E-state index is -1.03. The molecule has 0 radical (unpaired) electrons. The number of benzene rings is 1. The third kappa shape index (κ3) is 3.59. The standard InChI is InChI=1S/C18H22N2O4/c1-5-20-12(2)10-16(13(20)3)18(23)19(4)14-6-8-15(9-7-14)24-11-17(21)22/h6-10H,5,11H2,1-4H3,(H,21,22). The molecule has 0 bridgehead atoms. The van der Waals surface area contributed by atoms with E-state index in [4.69, 9.17) is 9.84 Å². The first-order valence-electron chi connectivity index (χ1n) is 7.74. The molecule has 0 saturated heterocycles. The molecule has 1 aromatic heterocycles. The molecule has 0 aliphatic heterocycles. The number of rotatable bonds is 6. The Hall–Kier alpha value is -2.76. The fraction of sp³-hybridized carbons (Fsp3) is 0.333. The number of carbonyl (C=O) groups excluding carboxylic acids is 1. The van der Waals surface area contributed by atoms with Crippen LogP contribution in [0.2, 0.25) is 0 Å². The molecule has 0 unspecified atom stereocenters. The lowest BCUT2D eigenvalue weighted by atomic mass is 10.2. The Balaban J connectivity index is 2.17. The summed E-state index contributed by atoms with van der Waals surface area (Å²) >= 11 is 0. The van der Waals surface area contributed by atoms with E-state index in [1.54, 1.807) is 36.2 Å². The molecule has 1 N–H and O–H groups in total. The fourth-order valence-corrected chi connectivity index (χ4v) is 2.71. The number of hydrogen-bond donors (Lipinski definition) is 1. The highest BCUT2D eigenvalue weighted by Crippen LogP contribution is 2.22. The zero-order valence-corrected chi connectivity index (χ0v) is 14.4. The smallest absolute Gasteiger partial charge is 0.341 e. The average molecular weight is 330 g/mol. The lowest BCUT2D eigenvalue weighted by Gasteiger charge is -2.18. The van der Waals surface area contributed by atoms with Gasteiger partial charge in [-0.05, 0) is 51.1 Å². The maximum absolute atomic E-state index is 12.8. The second-order valence-corrected chi connectivity index (χ2v) is 5.57. The molecule has 0 spiro atoms. The molecule has 0 aliphatic rings. The maximum Gasteiger partial charge on any atom is 0.341 e. The van der Waals surface area contributed by atoms with Gasteiger partial charge in [-0.2, -0.15) is 0 Å². The number of nitrogens with zero attached hydrogens (tertiary/aromatic N) is 2. The van der Waals surface area contributed by atoms with Crippen LogP contribution in [0.25, 0.3) is 0 Å². The van der Waals surface area contributed by atoms with Gasteiger partial charge in [0.05, 0.1) is 5.56 Å². The first kappa shape index (κ1) is 17.6. The van der Waals surface area contributed by atoms with Crippen LogP contribution in [0.5, 0.6) is 5.75 Å². The number of aliphatic carboxylic acids is 1. The Morgan fingerprint density at radius 2 is 1.83 bits per heavy atom. The summed E-state index contributed by atoms with van der Waals surface area (Å²) in [6.07, 6.45) is 0. The lowest BCUT2D eigenvalue weighted by Crippen LogP contribution is -2.26. The zero-order chi connectivity index (χ0) is 17.9. The highest BCUT2D eigenvalue weighted by molar-refractivity contribution is 6.06. The summed E-state index contributed by atoms with van der Waals surface area (Å²) in [5.74, 6) is -0.661. The highest BCUT2D eigenvalue weighted by Gasteiger charge is 2.19. The topological polar surface area (TPSA) is 71.8 Å². The van der Waals surface area contributed by atoms with Crippen LogP contribution in [0, 0.1) is 13.8 Å². The van der Waals surface area contributed by atoms with E-state index in [1.807, 2.05) is 26.8 Å². The van der Waals surface area contributed by atoms with Crippen LogP contribution < -0.4 is 9.64 Å². The summed E-state index contributed by atoms with van der Waals surface area (Å²) in [7, 11) is 1.72. The van der Waals surface area contributed by atoms with Gasteiger partial charge in [-0.15, -0.1) is 0 Å². The van der Waals surface area contributed by atoms with Gasteiger partial charge in [0.25, 0.3) is 5.91 Å². The fourth-order valence-electron chi connectivity index (χ4n) is 2.71. The zero-order valence-electron chi connectivity index (χ0n) is 14.4. The van der Waals surface area contributed by atoms with Crippen molar-refractivity contribution in [3.8, 4) is 5.75 Å². The summed E-state index contributed by atoms with van der Waals surface area (Å²) in [4.78, 5) is 24.8. The number of hydrogen-bond acceptors (Lipinski definition) is 3. The van der Waals surface area contributed by atoms with E-state index >= 15 is 0 Å². The molecule has 0 saturated carbocycles. The van der Waals surface area contributed by atoms with Crippen molar-refractivity contribution in [1.29, 1.82) is 0 Å². The highest BCUT2D eigenvalue weighted by atomic mass is 16.5. The summed E-state index contributed by atoms with van der Waals surface area (Å²) in [5.41, 5.74) is 3.41. The van der Waals surface area contributed by atoms with Gasteiger partial charge in [-0.25, -0.2) is 4.79 Å². The molecule has 1 heterocycles. The Morgan fingerprint density at radius 3 is 2.33 bits per heavy atom. The van der Waals surface area contributed by atoms with Crippen molar-refractivity contribution in [2.45, 2.75) is 27.3 Å². The molecule has 6 nitrogen and oxygen atoms in total. The van der Waals surface area contributed by atoms with Crippen molar-refractivity contribution >= 4 is 17.6 Å². The van der Waals surface area contributed by atoms with Crippen molar-refractivity contribution in [2.75, 3.05) is 18.6 Å². The number of carboxylic acids is 1. The van der Waals surface area contributed by atoms with Crippen LogP contribution in [-0.2, 0) is 11.3 Å². The summed E-state index contributed by atoms with van der Waals surface area (Å²) in [6, 6.07) is 8.67. The molecular weight excluding hydrogens is 308 g/mol. The van der Waals surface area contributed by atoms with Gasteiger partial charge in [-0.1, -0.05) is 0 Å². The van der Waals surface area contributed by atoms with Crippen molar-refractivity contribution < 1.29 is 19.4 Å². The summed E-state index contributed by atoms with van der Waals surface area (Å²) < 4.78 is 7.19. The molecule has 0 aliphatic carbocycles. The molecule has 0 atom stereocenters. The first-order valence-corrected chi connectivity index (χ1v) is 7.74. The normalized spacial score (nSPS) is 10.5. The van der Waals surface area contributed by atoms with Crippen LogP contribution in [0.15, 0.2) is 30.3 Å². The van der Waals surface area contributed by atoms with Crippen LogP contribution in [0.4, 0.5) is 5.69 Å². The van der Waals surface area contributed by atoms with E-state index in [0.29, 0.717) is 17.0 Å². The van der Waals surface area contributed by atoms with Crippen molar-refractivity contribution in [2.24, 2.45) is 0 Å². The molecule has 1 aromatic carbocycles. The van der Waals surface area contributed by atoms with E-state index in [9.17, 15) is 9.59 Å². The van der Waals surface area contributed by atoms with Crippen molar-refractivity contribution in [1.82, 2.24) is 4.57 Å². The van der Waals surface area contributed by atoms with Gasteiger partial charge in [-0.3, -0.25) is 4.79 Å². The molecule has 128 valence electrons. The van der Waals surface area contributed by atoms with Gasteiger partial charge in [0.15, 0.2) is 6.61 Å². The second kappa shape index (κ2) is 7.21. The quantitative estimate of drug-likeness (QED) is 0.884. The number of carbonyl (C=O) groups is 2. The van der Waals surface area contributed by atoms with E-state index < -0.39 is 12.6 Å². The van der Waals surface area contributed by atoms with E-state index in [-0.39, 0.29) is 5.91 Å². The molecule has 0 fully saturated rings. The Kier molecular flexibility index (Phi) is 5.28. The minimum absolute atomic E-state index is 0.0815. The maximum atomic E-state index is 12.8. The SMILES string of the molecule is CCn1c(C)cc(C(=O)N(C)c2ccc(OCC(=O)O)cc2)c1C. The van der Waals surface area contributed by atoms with Crippen molar-refractivity contribution in [3.63, 3.8) is 0 Å². The third-order valence-electron chi connectivity index (χ3n) is 4.01. The number of carboxylic acid groups (broad SMARTS) is 1. The van der Waals surface area contributed by atoms with E-state index in [0.717, 1.165) is 17.9 Å². The average Bonchev–Trinajstić information content (AvgIpc) is 2.86. The number of anilines is 1. The first-order chi connectivity index (χ1) is 11.3. The number of aryl methyl sites for hydroxylation is 1. The number of amides is 1. The van der Waals surface area contributed by atoms with Gasteiger partial charge in [0, 0.05) is 30.7 Å². The predicted octanol–water partition coefficient (Wildman–Crippen LogP) is 2.86. The largest absolute Gasteiger partial charge is 0.482 e.